The van der Waals surface area contributed by atoms with Crippen molar-refractivity contribution in [2.24, 2.45) is 0 Å². The lowest BCUT2D eigenvalue weighted by Crippen LogP contribution is -1.66. The number of aldehydes is 1. The van der Waals surface area contributed by atoms with Crippen molar-refractivity contribution in [3.63, 3.8) is 0 Å². The molecule has 0 aliphatic rings. The highest BCUT2D eigenvalue weighted by Crippen LogP contribution is 2.26. The molecule has 0 aromatic carbocycles. The maximum Gasteiger partial charge on any atom is 0.178 e. The first-order valence-corrected chi connectivity index (χ1v) is 3.94. The van der Waals surface area contributed by atoms with Crippen molar-refractivity contribution in [1.82, 2.24) is 5.16 Å². The molecule has 3 nitrogen and oxygen atoms in total. The zero-order valence-corrected chi connectivity index (χ0v) is 6.64. The van der Waals surface area contributed by atoms with E-state index >= 15 is 0 Å². The number of aryl methyl sites for hydroxylation is 1. The predicted octanol–water partition coefficient (Wildman–Crippen LogP) is 2.01. The third-order valence-electron chi connectivity index (χ3n) is 1.44. The Bertz CT molecular complexity index is 401. The van der Waals surface area contributed by atoms with Crippen LogP contribution < -0.4 is 0 Å². The molecule has 0 bridgehead atoms. The van der Waals surface area contributed by atoms with Crippen LogP contribution in [0, 0.1) is 6.92 Å². The molecule has 0 unspecified atom stereocenters. The smallest absolute Gasteiger partial charge is 0.178 e. The van der Waals surface area contributed by atoms with Gasteiger partial charge < -0.3 is 4.52 Å². The molecule has 0 spiro atoms. The summed E-state index contributed by atoms with van der Waals surface area (Å²) in [6.07, 6.45) is 0.819. The van der Waals surface area contributed by atoms with Crippen LogP contribution >= 0.6 is 11.3 Å². The molecule has 2 rings (SSSR count). The Morgan fingerprint density at radius 3 is 3.18 bits per heavy atom. The van der Waals surface area contributed by atoms with E-state index in [0.29, 0.717) is 10.5 Å². The fourth-order valence-corrected chi connectivity index (χ4v) is 1.76. The third-order valence-corrected chi connectivity index (χ3v) is 2.59. The molecule has 0 saturated carbocycles. The summed E-state index contributed by atoms with van der Waals surface area (Å²) in [6.45, 7) is 1.86. The molecule has 0 N–H and O–H groups in total. The number of rotatable bonds is 1. The average Bonchev–Trinajstić information content (AvgIpc) is 2.53. The predicted molar refractivity (Wildman–Crippen MR) is 42.0 cm³/mol. The van der Waals surface area contributed by atoms with Crippen molar-refractivity contribution in [3.05, 3.63) is 16.6 Å². The number of aromatic nitrogens is 1. The van der Waals surface area contributed by atoms with Gasteiger partial charge in [0.1, 0.15) is 0 Å². The summed E-state index contributed by atoms with van der Waals surface area (Å²) in [4.78, 5) is 11.0. The fourth-order valence-electron chi connectivity index (χ4n) is 0.929. The van der Waals surface area contributed by atoms with E-state index in [1.54, 1.807) is 6.07 Å². The summed E-state index contributed by atoms with van der Waals surface area (Å²) in [5.74, 6) is 0. The van der Waals surface area contributed by atoms with Gasteiger partial charge in [-0.15, -0.1) is 11.3 Å². The molecule has 2 aromatic heterocycles. The highest BCUT2D eigenvalue weighted by molar-refractivity contribution is 7.20. The van der Waals surface area contributed by atoms with Gasteiger partial charge in [0.25, 0.3) is 0 Å². The Morgan fingerprint density at radius 1 is 1.73 bits per heavy atom. The molecule has 4 heteroatoms. The van der Waals surface area contributed by atoms with Crippen LogP contribution in [0.5, 0.6) is 0 Å². The number of nitrogens with zero attached hydrogens (tertiary/aromatic N) is 1. The van der Waals surface area contributed by atoms with E-state index in [1.165, 1.54) is 11.3 Å². The van der Waals surface area contributed by atoms with Gasteiger partial charge in [-0.3, -0.25) is 4.79 Å². The van der Waals surface area contributed by atoms with Crippen molar-refractivity contribution in [2.45, 2.75) is 6.92 Å². The van der Waals surface area contributed by atoms with Crippen LogP contribution in [0.15, 0.2) is 10.6 Å². The van der Waals surface area contributed by atoms with Gasteiger partial charge in [-0.1, -0.05) is 5.16 Å². The van der Waals surface area contributed by atoms with Crippen molar-refractivity contribution in [1.29, 1.82) is 0 Å². The molecular weight excluding hydrogens is 162 g/mol. The topological polar surface area (TPSA) is 43.1 Å². The van der Waals surface area contributed by atoms with E-state index in [9.17, 15) is 4.79 Å². The second-order valence-electron chi connectivity index (χ2n) is 2.23. The second kappa shape index (κ2) is 2.17. The van der Waals surface area contributed by atoms with E-state index in [2.05, 4.69) is 5.16 Å². The third kappa shape index (κ3) is 0.867. The van der Waals surface area contributed by atoms with Crippen LogP contribution in [0.2, 0.25) is 0 Å². The molecule has 0 aliphatic heterocycles. The zero-order valence-electron chi connectivity index (χ0n) is 5.83. The minimum absolute atomic E-state index is 0.684. The monoisotopic (exact) mass is 167 g/mol. The molecule has 0 atom stereocenters. The van der Waals surface area contributed by atoms with E-state index in [-0.39, 0.29) is 0 Å². The number of fused-ring (bicyclic) bond motifs is 1. The van der Waals surface area contributed by atoms with Crippen LogP contribution in [-0.2, 0) is 0 Å². The van der Waals surface area contributed by atoms with Gasteiger partial charge in [-0.25, -0.2) is 0 Å². The minimum Gasteiger partial charge on any atom is -0.355 e. The van der Waals surface area contributed by atoms with E-state index in [1.807, 2.05) is 6.92 Å². The molecule has 2 heterocycles. The van der Waals surface area contributed by atoms with Crippen LogP contribution in [-0.4, -0.2) is 11.4 Å². The van der Waals surface area contributed by atoms with Gasteiger partial charge in [0, 0.05) is 6.07 Å². The summed E-state index contributed by atoms with van der Waals surface area (Å²) >= 11 is 1.41. The molecule has 56 valence electrons. The lowest BCUT2D eigenvalue weighted by Gasteiger charge is -1.74. The van der Waals surface area contributed by atoms with Gasteiger partial charge in [0.2, 0.25) is 0 Å². The highest BCUT2D eigenvalue weighted by atomic mass is 32.1. The number of carbonyl (C=O) groups is 1. The summed E-state index contributed by atoms with van der Waals surface area (Å²) in [7, 11) is 0. The average molecular weight is 167 g/mol. The molecular formula is C7H5NO2S. The van der Waals surface area contributed by atoms with Crippen molar-refractivity contribution >= 4 is 27.9 Å². The number of thiophene rings is 1. The molecule has 0 aliphatic carbocycles. The Labute approximate surface area is 66.6 Å². The maximum absolute atomic E-state index is 10.3. The molecule has 2 aromatic rings. The Balaban J connectivity index is 2.79. The normalized spacial score (nSPS) is 10.6. The lowest BCUT2D eigenvalue weighted by atomic mass is 10.4. The Kier molecular flexibility index (Phi) is 1.29. The van der Waals surface area contributed by atoms with E-state index < -0.39 is 0 Å². The van der Waals surface area contributed by atoms with Gasteiger partial charge in [0.05, 0.1) is 15.3 Å². The molecule has 0 amide bonds. The Morgan fingerprint density at radius 2 is 2.55 bits per heavy atom. The van der Waals surface area contributed by atoms with E-state index in [4.69, 9.17) is 4.52 Å². The van der Waals surface area contributed by atoms with Gasteiger partial charge >= 0.3 is 0 Å². The number of hydrogen-bond donors (Lipinski definition) is 0. The first kappa shape index (κ1) is 6.54. The van der Waals surface area contributed by atoms with Gasteiger partial charge in [-0.2, -0.15) is 0 Å². The quantitative estimate of drug-likeness (QED) is 0.610. The van der Waals surface area contributed by atoms with Crippen LogP contribution in [0.4, 0.5) is 0 Å². The summed E-state index contributed by atoms with van der Waals surface area (Å²) in [6, 6.07) is 1.70. The minimum atomic E-state index is 0.684. The largest absolute Gasteiger partial charge is 0.355 e. The van der Waals surface area contributed by atoms with Crippen LogP contribution in [0.3, 0.4) is 0 Å². The SMILES string of the molecule is Cc1noc2cc(C=O)sc12. The Hall–Kier alpha value is -1.16. The van der Waals surface area contributed by atoms with Gasteiger partial charge in [0.15, 0.2) is 11.9 Å². The fraction of sp³-hybridized carbons (Fsp3) is 0.143. The van der Waals surface area contributed by atoms with Crippen LogP contribution in [0.25, 0.3) is 10.3 Å². The summed E-state index contributed by atoms with van der Waals surface area (Å²) in [5, 5.41) is 3.75. The lowest BCUT2D eigenvalue weighted by molar-refractivity contribution is 0.112. The number of hydrogen-bond acceptors (Lipinski definition) is 4. The molecule has 0 radical (unpaired) electrons. The summed E-state index contributed by atoms with van der Waals surface area (Å²) < 4.78 is 5.90. The highest BCUT2D eigenvalue weighted by Gasteiger charge is 2.07. The standard InChI is InChI=1S/C7H5NO2S/c1-4-7-6(10-8-4)2-5(3-9)11-7/h2-3H,1H3. The van der Waals surface area contributed by atoms with Crippen molar-refractivity contribution in [2.75, 3.05) is 0 Å². The van der Waals surface area contributed by atoms with Crippen LogP contribution in [0.1, 0.15) is 15.4 Å². The molecule has 11 heavy (non-hydrogen) atoms. The first-order valence-electron chi connectivity index (χ1n) is 3.12. The summed E-state index contributed by atoms with van der Waals surface area (Å²) in [5.41, 5.74) is 1.55. The first-order chi connectivity index (χ1) is 5.31. The molecule has 0 saturated heterocycles. The number of carbonyl (C=O) groups excluding carboxylic acids is 1. The maximum atomic E-state index is 10.3. The zero-order chi connectivity index (χ0) is 7.84. The molecule has 0 fully saturated rings. The second-order valence-corrected chi connectivity index (χ2v) is 3.31. The van der Waals surface area contributed by atoms with Crippen molar-refractivity contribution in [3.8, 4) is 0 Å². The van der Waals surface area contributed by atoms with Crippen molar-refractivity contribution < 1.29 is 9.32 Å². The van der Waals surface area contributed by atoms with E-state index in [0.717, 1.165) is 16.7 Å². The van der Waals surface area contributed by atoms with Gasteiger partial charge in [-0.05, 0) is 6.92 Å².